The van der Waals surface area contributed by atoms with Crippen molar-refractivity contribution in [2.75, 3.05) is 0 Å². The molecule has 1 nitrogen and oxygen atoms in total. The molecule has 3 aliphatic carbocycles. The van der Waals surface area contributed by atoms with Crippen molar-refractivity contribution in [2.45, 2.75) is 56.8 Å². The number of halogens is 7. The lowest BCUT2D eigenvalue weighted by Gasteiger charge is -2.25. The van der Waals surface area contributed by atoms with Crippen molar-refractivity contribution < 1.29 is 26.3 Å². The highest BCUT2D eigenvalue weighted by molar-refractivity contribution is 7.16. The standard InChI is InChI=1S/C28H19ClF6OS3/c1-12-16(23-24(17-11-22(29)38-13(17)2)27(32,33)28(34,35)26(23,30)31)10-21(37-12)14-7-8-20-18(9-14)25(36)15-5-3-4-6-19(15)39-20/h3,5,7-8,10-11,14H,4,6,9H2,1-2H3. The third kappa shape index (κ3) is 3.81. The Kier molecular flexibility index (Phi) is 6.19. The molecule has 0 spiro atoms. The van der Waals surface area contributed by atoms with E-state index >= 15 is 17.6 Å². The summed E-state index contributed by atoms with van der Waals surface area (Å²) in [6, 6.07) is 2.34. The van der Waals surface area contributed by atoms with Crippen molar-refractivity contribution in [3.05, 3.63) is 85.5 Å². The number of alkyl halides is 6. The quantitative estimate of drug-likeness (QED) is 0.268. The summed E-state index contributed by atoms with van der Waals surface area (Å²) < 4.78 is 90.4. The zero-order chi connectivity index (χ0) is 28.1. The molecule has 39 heavy (non-hydrogen) atoms. The first-order chi connectivity index (χ1) is 18.3. The van der Waals surface area contributed by atoms with Gasteiger partial charge in [0.05, 0.1) is 4.34 Å². The van der Waals surface area contributed by atoms with Crippen LogP contribution < -0.4 is 5.43 Å². The van der Waals surface area contributed by atoms with Crippen LogP contribution in [0.25, 0.3) is 23.3 Å². The van der Waals surface area contributed by atoms with Crippen LogP contribution in [-0.2, 0) is 12.8 Å². The Labute approximate surface area is 236 Å². The minimum atomic E-state index is -5.63. The Bertz CT molecular complexity index is 1690. The molecule has 1 atom stereocenters. The third-order valence-corrected chi connectivity index (χ3v) is 11.1. The Hall–Kier alpha value is -2.14. The third-order valence-electron chi connectivity index (χ3n) is 7.47. The molecular formula is C28H19ClF6OS3. The summed E-state index contributed by atoms with van der Waals surface area (Å²) in [5.74, 6) is -16.3. The molecule has 3 aromatic heterocycles. The lowest BCUT2D eigenvalue weighted by Crippen LogP contribution is -2.48. The topological polar surface area (TPSA) is 17.1 Å². The first-order valence-corrected chi connectivity index (χ1v) is 14.9. The molecule has 6 rings (SSSR count). The number of aryl methyl sites for hydroxylation is 3. The normalized spacial score (nSPS) is 22.3. The average molecular weight is 617 g/mol. The summed E-state index contributed by atoms with van der Waals surface area (Å²) in [7, 11) is 0. The van der Waals surface area contributed by atoms with Crippen LogP contribution in [0.15, 0.2) is 29.1 Å². The molecule has 3 aliphatic rings. The molecule has 3 heterocycles. The molecule has 0 fully saturated rings. The molecule has 0 aliphatic heterocycles. The molecule has 0 radical (unpaired) electrons. The van der Waals surface area contributed by atoms with E-state index < -0.39 is 40.4 Å². The lowest BCUT2D eigenvalue weighted by atomic mass is 9.89. The summed E-state index contributed by atoms with van der Waals surface area (Å²) in [6.07, 6.45) is 9.42. The van der Waals surface area contributed by atoms with Crippen molar-refractivity contribution >= 4 is 68.9 Å². The van der Waals surface area contributed by atoms with Crippen LogP contribution in [0.4, 0.5) is 26.3 Å². The molecule has 0 N–H and O–H groups in total. The monoisotopic (exact) mass is 616 g/mol. The number of hydrogen-bond donors (Lipinski definition) is 0. The Balaban J connectivity index is 1.48. The van der Waals surface area contributed by atoms with E-state index in [1.54, 1.807) is 11.3 Å². The number of fused-ring (bicyclic) bond motifs is 2. The molecule has 0 saturated carbocycles. The predicted molar refractivity (Wildman–Crippen MR) is 148 cm³/mol. The zero-order valence-electron chi connectivity index (χ0n) is 20.4. The molecule has 0 saturated heterocycles. The molecule has 0 aromatic carbocycles. The van der Waals surface area contributed by atoms with Gasteiger partial charge in [-0.2, -0.15) is 26.3 Å². The van der Waals surface area contributed by atoms with Gasteiger partial charge in [-0.3, -0.25) is 4.79 Å². The van der Waals surface area contributed by atoms with Crippen LogP contribution >= 0.6 is 45.6 Å². The summed E-state index contributed by atoms with van der Waals surface area (Å²) in [6.45, 7) is 2.84. The van der Waals surface area contributed by atoms with E-state index in [2.05, 4.69) is 0 Å². The number of rotatable bonds is 3. The fraction of sp³-hybridized carbons (Fsp3) is 0.321. The highest BCUT2D eigenvalue weighted by Gasteiger charge is 2.80. The smallest absolute Gasteiger partial charge is 0.289 e. The summed E-state index contributed by atoms with van der Waals surface area (Å²) in [5.41, 5.74) is -2.32. The summed E-state index contributed by atoms with van der Waals surface area (Å²) in [5, 5.41) is 0. The Morgan fingerprint density at radius 3 is 2.18 bits per heavy atom. The van der Waals surface area contributed by atoms with Crippen LogP contribution in [0, 0.1) is 13.8 Å². The summed E-state index contributed by atoms with van der Waals surface area (Å²) >= 11 is 9.44. The highest BCUT2D eigenvalue weighted by Crippen LogP contribution is 2.66. The number of hydrogen-bond acceptors (Lipinski definition) is 4. The number of thiophene rings is 2. The maximum absolute atomic E-state index is 15.3. The van der Waals surface area contributed by atoms with Crippen LogP contribution in [0.5, 0.6) is 0 Å². The highest BCUT2D eigenvalue weighted by atomic mass is 35.5. The molecule has 0 amide bonds. The van der Waals surface area contributed by atoms with Crippen molar-refractivity contribution in [1.82, 2.24) is 0 Å². The molecule has 3 aromatic rings. The van der Waals surface area contributed by atoms with E-state index in [4.69, 9.17) is 11.6 Å². The van der Waals surface area contributed by atoms with Crippen molar-refractivity contribution in [3.63, 3.8) is 0 Å². The number of allylic oxidation sites excluding steroid dienone is 4. The molecule has 204 valence electrons. The van der Waals surface area contributed by atoms with Gasteiger partial charge in [-0.25, -0.2) is 0 Å². The fourth-order valence-corrected chi connectivity index (χ4v) is 9.01. The van der Waals surface area contributed by atoms with Crippen LogP contribution in [0.3, 0.4) is 0 Å². The Morgan fingerprint density at radius 2 is 1.54 bits per heavy atom. The second kappa shape index (κ2) is 8.93. The van der Waals surface area contributed by atoms with E-state index in [0.717, 1.165) is 51.3 Å². The maximum atomic E-state index is 15.3. The minimum Gasteiger partial charge on any atom is -0.289 e. The lowest BCUT2D eigenvalue weighted by molar-refractivity contribution is -0.254. The van der Waals surface area contributed by atoms with Crippen LogP contribution in [0.2, 0.25) is 4.34 Å². The fourth-order valence-electron chi connectivity index (χ4n) is 5.50. The zero-order valence-corrected chi connectivity index (χ0v) is 23.6. The van der Waals surface area contributed by atoms with E-state index in [-0.39, 0.29) is 25.1 Å². The van der Waals surface area contributed by atoms with Gasteiger partial charge in [0.2, 0.25) is 0 Å². The molecule has 1 unspecified atom stereocenters. The van der Waals surface area contributed by atoms with Gasteiger partial charge in [0.15, 0.2) is 5.43 Å². The van der Waals surface area contributed by atoms with Gasteiger partial charge in [0.25, 0.3) is 0 Å². The summed E-state index contributed by atoms with van der Waals surface area (Å²) in [4.78, 5) is 16.0. The molecular weight excluding hydrogens is 598 g/mol. The van der Waals surface area contributed by atoms with Gasteiger partial charge in [0, 0.05) is 52.6 Å². The average Bonchev–Trinajstić information content (AvgIpc) is 3.44. The SMILES string of the molecule is Cc1sc(Cl)cc1C1=C(c2cc(C3C=Cc4sc5c(c(=O)c4C3)C=CCC5)sc2C)C(F)(F)C(F)(F)C1(F)F. The van der Waals surface area contributed by atoms with E-state index in [1.807, 2.05) is 24.3 Å². The second-order valence-electron chi connectivity index (χ2n) is 9.83. The van der Waals surface area contributed by atoms with Gasteiger partial charge in [-0.15, -0.1) is 34.0 Å². The van der Waals surface area contributed by atoms with Crippen LogP contribution in [-0.4, -0.2) is 17.8 Å². The van der Waals surface area contributed by atoms with Crippen molar-refractivity contribution in [1.29, 1.82) is 0 Å². The Morgan fingerprint density at radius 1 is 0.897 bits per heavy atom. The largest absolute Gasteiger partial charge is 0.380 e. The minimum absolute atomic E-state index is 0.0314. The van der Waals surface area contributed by atoms with Gasteiger partial charge in [0.1, 0.15) is 0 Å². The first-order valence-electron chi connectivity index (χ1n) is 12.0. The van der Waals surface area contributed by atoms with E-state index in [0.29, 0.717) is 22.4 Å². The van der Waals surface area contributed by atoms with Crippen LogP contribution in [0.1, 0.15) is 59.0 Å². The van der Waals surface area contributed by atoms with Crippen molar-refractivity contribution in [3.8, 4) is 0 Å². The van der Waals surface area contributed by atoms with E-state index in [1.165, 1.54) is 19.9 Å². The van der Waals surface area contributed by atoms with Gasteiger partial charge < -0.3 is 0 Å². The predicted octanol–water partition coefficient (Wildman–Crippen LogP) is 9.64. The van der Waals surface area contributed by atoms with Gasteiger partial charge >= 0.3 is 17.8 Å². The van der Waals surface area contributed by atoms with E-state index in [9.17, 15) is 13.6 Å². The van der Waals surface area contributed by atoms with Gasteiger partial charge in [-0.1, -0.05) is 29.8 Å². The van der Waals surface area contributed by atoms with Gasteiger partial charge in [-0.05, 0) is 62.4 Å². The maximum Gasteiger partial charge on any atom is 0.380 e. The first kappa shape index (κ1) is 27.1. The molecule has 0 bridgehead atoms. The second-order valence-corrected chi connectivity index (χ2v) is 14.1. The van der Waals surface area contributed by atoms with Crippen molar-refractivity contribution in [2.24, 2.45) is 0 Å². The molecule has 11 heteroatoms.